The third-order valence-electron chi connectivity index (χ3n) is 2.91. The average molecular weight is 356 g/mol. The number of benzene rings is 1. The van der Waals surface area contributed by atoms with Crippen LogP contribution in [0.25, 0.3) is 0 Å². The summed E-state index contributed by atoms with van der Waals surface area (Å²) in [5.74, 6) is 7.11. The maximum atomic E-state index is 7.41. The Morgan fingerprint density at radius 1 is 1.47 bits per heavy atom. The van der Waals surface area contributed by atoms with Gasteiger partial charge in [0.15, 0.2) is 0 Å². The third-order valence-corrected chi connectivity index (χ3v) is 4.09. The van der Waals surface area contributed by atoms with Crippen LogP contribution in [0.4, 0.5) is 5.69 Å². The lowest BCUT2D eigenvalue weighted by Crippen LogP contribution is -2.07. The standard InChI is InChI=1S/C13H14IN2P/c14-17-16-13-7-6-11(8-12(13)9-15)5-4-10-2-1-3-10/h6-10,15-17H,1-3H2. The smallest absolute Gasteiger partial charge is 0.0465 e. The Kier molecular flexibility index (Phi) is 4.82. The van der Waals surface area contributed by atoms with Crippen LogP contribution in [0.3, 0.4) is 0 Å². The van der Waals surface area contributed by atoms with Gasteiger partial charge in [0, 0.05) is 35.3 Å². The fourth-order valence-corrected chi connectivity index (χ4v) is 2.86. The molecule has 1 fully saturated rings. The molecule has 0 amide bonds. The Bertz CT molecular complexity index is 472. The SMILES string of the molecule is N=Cc1cc(C#CC2CCC2)ccc1NPI. The number of nitrogens with one attached hydrogen (secondary N) is 2. The number of hydrogen-bond donors (Lipinski definition) is 2. The Hall–Kier alpha value is -0.590. The molecule has 1 aromatic carbocycles. The molecule has 1 aromatic rings. The molecule has 0 radical (unpaired) electrons. The summed E-state index contributed by atoms with van der Waals surface area (Å²) in [5, 5.41) is 10.7. The highest BCUT2D eigenvalue weighted by atomic mass is 127. The second-order valence-electron chi connectivity index (χ2n) is 4.06. The lowest BCUT2D eigenvalue weighted by atomic mass is 9.86. The Morgan fingerprint density at radius 3 is 2.88 bits per heavy atom. The van der Waals surface area contributed by atoms with Crippen molar-refractivity contribution in [2.45, 2.75) is 19.3 Å². The fraction of sp³-hybridized carbons (Fsp3) is 0.308. The lowest BCUT2D eigenvalue weighted by molar-refractivity contribution is 0.401. The molecule has 2 rings (SSSR count). The molecule has 4 heteroatoms. The first-order valence-electron chi connectivity index (χ1n) is 5.61. The van der Waals surface area contributed by atoms with Crippen LogP contribution in [0.15, 0.2) is 18.2 Å². The van der Waals surface area contributed by atoms with E-state index in [4.69, 9.17) is 5.41 Å². The monoisotopic (exact) mass is 356 g/mol. The highest BCUT2D eigenvalue weighted by Gasteiger charge is 2.13. The predicted octanol–water partition coefficient (Wildman–Crippen LogP) is 4.19. The third kappa shape index (κ3) is 3.43. The van der Waals surface area contributed by atoms with Crippen LogP contribution in [0, 0.1) is 23.2 Å². The van der Waals surface area contributed by atoms with E-state index >= 15 is 0 Å². The molecule has 1 saturated carbocycles. The van der Waals surface area contributed by atoms with Gasteiger partial charge in [-0.3, -0.25) is 0 Å². The molecule has 2 nitrogen and oxygen atoms in total. The van der Waals surface area contributed by atoms with E-state index in [1.54, 1.807) is 0 Å². The quantitative estimate of drug-likeness (QED) is 0.362. The van der Waals surface area contributed by atoms with Crippen LogP contribution in [0.2, 0.25) is 0 Å². The van der Waals surface area contributed by atoms with E-state index in [0.29, 0.717) is 12.3 Å². The van der Waals surface area contributed by atoms with E-state index in [1.807, 2.05) is 18.2 Å². The van der Waals surface area contributed by atoms with E-state index in [2.05, 4.69) is 39.0 Å². The molecule has 0 saturated heterocycles. The molecule has 1 aliphatic carbocycles. The van der Waals surface area contributed by atoms with Gasteiger partial charge in [0.25, 0.3) is 0 Å². The molecule has 0 aromatic heterocycles. The summed E-state index contributed by atoms with van der Waals surface area (Å²) in [7, 11) is 0. The molecule has 17 heavy (non-hydrogen) atoms. The van der Waals surface area contributed by atoms with Gasteiger partial charge in [-0.1, -0.05) is 18.3 Å². The first kappa shape index (κ1) is 12.9. The van der Waals surface area contributed by atoms with E-state index in [9.17, 15) is 0 Å². The van der Waals surface area contributed by atoms with E-state index < -0.39 is 0 Å². The van der Waals surface area contributed by atoms with Crippen LogP contribution in [0.1, 0.15) is 30.4 Å². The van der Waals surface area contributed by atoms with Crippen molar-refractivity contribution >= 4 is 40.3 Å². The van der Waals surface area contributed by atoms with Crippen LogP contribution in [-0.2, 0) is 0 Å². The summed E-state index contributed by atoms with van der Waals surface area (Å²) >= 11 is 2.28. The van der Waals surface area contributed by atoms with E-state index in [0.717, 1.165) is 16.8 Å². The summed E-state index contributed by atoms with van der Waals surface area (Å²) in [6, 6.07) is 6.02. The number of hydrogen-bond acceptors (Lipinski definition) is 2. The molecule has 0 aliphatic heterocycles. The second-order valence-corrected chi connectivity index (χ2v) is 6.12. The van der Waals surface area contributed by atoms with Gasteiger partial charge in [-0.05, 0) is 53.1 Å². The van der Waals surface area contributed by atoms with Crippen molar-refractivity contribution in [3.05, 3.63) is 29.3 Å². The molecule has 0 spiro atoms. The summed E-state index contributed by atoms with van der Waals surface area (Å²) in [6.45, 7) is 0. The van der Waals surface area contributed by atoms with Crippen molar-refractivity contribution in [2.24, 2.45) is 5.92 Å². The summed E-state index contributed by atoms with van der Waals surface area (Å²) in [5.41, 5.74) is 2.94. The normalized spacial score (nSPS) is 15.1. The van der Waals surface area contributed by atoms with E-state index in [1.165, 1.54) is 25.5 Å². The molecule has 1 atom stereocenters. The number of anilines is 1. The van der Waals surface area contributed by atoms with Gasteiger partial charge >= 0.3 is 0 Å². The van der Waals surface area contributed by atoms with Gasteiger partial charge in [0.2, 0.25) is 0 Å². The second kappa shape index (κ2) is 6.37. The van der Waals surface area contributed by atoms with Crippen LogP contribution >= 0.6 is 28.4 Å². The van der Waals surface area contributed by atoms with Crippen molar-refractivity contribution in [1.82, 2.24) is 0 Å². The van der Waals surface area contributed by atoms with Crippen molar-refractivity contribution in [3.8, 4) is 11.8 Å². The average Bonchev–Trinajstić information content (AvgIpc) is 2.29. The molecule has 88 valence electrons. The molecular formula is C13H14IN2P. The minimum atomic E-state index is 0.604. The molecule has 1 aliphatic rings. The van der Waals surface area contributed by atoms with Crippen molar-refractivity contribution in [2.75, 3.05) is 5.09 Å². The summed E-state index contributed by atoms with van der Waals surface area (Å²) < 4.78 is 0. The van der Waals surface area contributed by atoms with Crippen LogP contribution < -0.4 is 5.09 Å². The van der Waals surface area contributed by atoms with Crippen molar-refractivity contribution in [3.63, 3.8) is 0 Å². The van der Waals surface area contributed by atoms with Gasteiger partial charge < -0.3 is 10.5 Å². The summed E-state index contributed by atoms with van der Waals surface area (Å²) in [4.78, 5) is 0. The zero-order valence-electron chi connectivity index (χ0n) is 9.39. The summed E-state index contributed by atoms with van der Waals surface area (Å²) in [6.07, 6.45) is 5.82. The number of rotatable bonds is 3. The maximum absolute atomic E-state index is 7.41. The molecular weight excluding hydrogens is 342 g/mol. The lowest BCUT2D eigenvalue weighted by Gasteiger charge is -2.18. The van der Waals surface area contributed by atoms with Gasteiger partial charge in [-0.25, -0.2) is 0 Å². The van der Waals surface area contributed by atoms with Gasteiger partial charge in [-0.15, -0.1) is 0 Å². The minimum Gasteiger partial charge on any atom is -0.358 e. The van der Waals surface area contributed by atoms with Crippen molar-refractivity contribution in [1.29, 1.82) is 5.41 Å². The largest absolute Gasteiger partial charge is 0.358 e. The van der Waals surface area contributed by atoms with Crippen LogP contribution in [0.5, 0.6) is 0 Å². The predicted molar refractivity (Wildman–Crippen MR) is 84.5 cm³/mol. The maximum Gasteiger partial charge on any atom is 0.0465 e. The zero-order valence-corrected chi connectivity index (χ0v) is 12.5. The Morgan fingerprint density at radius 2 is 2.29 bits per heavy atom. The first-order chi connectivity index (χ1) is 8.33. The fourth-order valence-electron chi connectivity index (χ4n) is 1.66. The molecule has 0 bridgehead atoms. The van der Waals surface area contributed by atoms with Gasteiger partial charge in [0.05, 0.1) is 0 Å². The Labute approximate surface area is 117 Å². The highest BCUT2D eigenvalue weighted by molar-refractivity contribution is 14.2. The molecule has 1 unspecified atom stereocenters. The molecule has 2 N–H and O–H groups in total. The van der Waals surface area contributed by atoms with Crippen molar-refractivity contribution < 1.29 is 0 Å². The molecule has 0 heterocycles. The van der Waals surface area contributed by atoms with Gasteiger partial charge in [0.1, 0.15) is 0 Å². The van der Waals surface area contributed by atoms with E-state index in [-0.39, 0.29) is 0 Å². The first-order valence-corrected chi connectivity index (χ1v) is 9.72. The zero-order chi connectivity index (χ0) is 12.1. The van der Waals surface area contributed by atoms with Gasteiger partial charge in [-0.2, -0.15) is 0 Å². The van der Waals surface area contributed by atoms with Crippen LogP contribution in [-0.4, -0.2) is 6.21 Å². The highest BCUT2D eigenvalue weighted by Crippen LogP contribution is 2.27. The topological polar surface area (TPSA) is 35.9 Å². The number of halogens is 1. The Balaban J connectivity index is 2.17. The minimum absolute atomic E-state index is 0.604.